The molecular formula is C8H16N2O. The smallest absolute Gasteiger partial charge is 0.237 e. The Kier molecular flexibility index (Phi) is 2.18. The van der Waals surface area contributed by atoms with Crippen LogP contribution in [-0.2, 0) is 4.79 Å². The van der Waals surface area contributed by atoms with Crippen LogP contribution in [-0.4, -0.2) is 29.9 Å². The molecule has 64 valence electrons. The topological polar surface area (TPSA) is 46.3 Å². The first-order chi connectivity index (χ1) is 5.07. The summed E-state index contributed by atoms with van der Waals surface area (Å²) in [6, 6.07) is 0. The number of likely N-dealkylation sites (tertiary alicyclic amines) is 1. The molecule has 11 heavy (non-hydrogen) atoms. The van der Waals surface area contributed by atoms with Crippen LogP contribution in [0.5, 0.6) is 0 Å². The van der Waals surface area contributed by atoms with Gasteiger partial charge < -0.3 is 5.73 Å². The van der Waals surface area contributed by atoms with Gasteiger partial charge in [0.05, 0.1) is 5.54 Å². The number of carbonyl (C=O) groups excluding carboxylic acids is 1. The van der Waals surface area contributed by atoms with Crippen LogP contribution in [0.4, 0.5) is 0 Å². The number of carbonyl (C=O) groups is 1. The van der Waals surface area contributed by atoms with Crippen LogP contribution in [0.1, 0.15) is 26.2 Å². The Balaban J connectivity index is 2.72. The molecule has 0 aromatic heterocycles. The maximum absolute atomic E-state index is 11.1. The van der Waals surface area contributed by atoms with Gasteiger partial charge in [-0.15, -0.1) is 0 Å². The molecule has 3 heteroatoms. The van der Waals surface area contributed by atoms with Gasteiger partial charge in [0.2, 0.25) is 5.91 Å². The summed E-state index contributed by atoms with van der Waals surface area (Å²) >= 11 is 0. The highest BCUT2D eigenvalue weighted by Gasteiger charge is 2.36. The second kappa shape index (κ2) is 2.81. The highest BCUT2D eigenvalue weighted by molar-refractivity contribution is 5.84. The van der Waals surface area contributed by atoms with Crippen molar-refractivity contribution in [3.8, 4) is 0 Å². The third-order valence-corrected chi connectivity index (χ3v) is 2.78. The lowest BCUT2D eigenvalue weighted by atomic mass is 9.88. The summed E-state index contributed by atoms with van der Waals surface area (Å²) in [7, 11) is 1.96. The number of amides is 1. The van der Waals surface area contributed by atoms with E-state index in [1.807, 2.05) is 14.0 Å². The number of hydrogen-bond donors (Lipinski definition) is 1. The standard InChI is InChI=1S/C8H16N2O/c1-8(7(9)11)5-3-4-6-10(8)2/h3-6H2,1-2H3,(H2,9,11). The molecule has 0 aliphatic carbocycles. The molecular weight excluding hydrogens is 140 g/mol. The Morgan fingerprint density at radius 3 is 2.55 bits per heavy atom. The lowest BCUT2D eigenvalue weighted by Gasteiger charge is -2.39. The highest BCUT2D eigenvalue weighted by atomic mass is 16.1. The van der Waals surface area contributed by atoms with Crippen LogP contribution in [0.15, 0.2) is 0 Å². The van der Waals surface area contributed by atoms with Gasteiger partial charge in [-0.1, -0.05) is 0 Å². The predicted octanol–water partition coefficient (Wildman–Crippen LogP) is 0.346. The van der Waals surface area contributed by atoms with Gasteiger partial charge in [-0.3, -0.25) is 9.69 Å². The molecule has 2 N–H and O–H groups in total. The van der Waals surface area contributed by atoms with E-state index in [1.165, 1.54) is 6.42 Å². The van der Waals surface area contributed by atoms with Crippen LogP contribution >= 0.6 is 0 Å². The minimum absolute atomic E-state index is 0.195. The number of hydrogen-bond acceptors (Lipinski definition) is 2. The van der Waals surface area contributed by atoms with Gasteiger partial charge in [0.15, 0.2) is 0 Å². The van der Waals surface area contributed by atoms with Crippen LogP contribution in [0.25, 0.3) is 0 Å². The van der Waals surface area contributed by atoms with Crippen molar-refractivity contribution in [1.82, 2.24) is 4.90 Å². The maximum atomic E-state index is 11.1. The third kappa shape index (κ3) is 1.38. The zero-order valence-electron chi connectivity index (χ0n) is 7.26. The SMILES string of the molecule is CN1CCCCC1(C)C(N)=O. The minimum Gasteiger partial charge on any atom is -0.368 e. The van der Waals surface area contributed by atoms with Crippen molar-refractivity contribution in [1.29, 1.82) is 0 Å². The molecule has 1 amide bonds. The van der Waals surface area contributed by atoms with Crippen LogP contribution in [0.2, 0.25) is 0 Å². The lowest BCUT2D eigenvalue weighted by Crippen LogP contribution is -2.55. The summed E-state index contributed by atoms with van der Waals surface area (Å²) in [6.45, 7) is 2.91. The minimum atomic E-state index is -0.391. The van der Waals surface area contributed by atoms with E-state index in [4.69, 9.17) is 5.73 Å². The summed E-state index contributed by atoms with van der Waals surface area (Å²) in [4.78, 5) is 13.1. The largest absolute Gasteiger partial charge is 0.368 e. The highest BCUT2D eigenvalue weighted by Crippen LogP contribution is 2.25. The first-order valence-electron chi connectivity index (χ1n) is 4.08. The van der Waals surface area contributed by atoms with Crippen LogP contribution in [0.3, 0.4) is 0 Å². The molecule has 1 aliphatic rings. The van der Waals surface area contributed by atoms with Gasteiger partial charge in [-0.05, 0) is 39.8 Å². The van der Waals surface area contributed by atoms with E-state index in [-0.39, 0.29) is 5.91 Å². The number of likely N-dealkylation sites (N-methyl/N-ethyl adjacent to an activating group) is 1. The van der Waals surface area contributed by atoms with Crippen molar-refractivity contribution in [3.05, 3.63) is 0 Å². The van der Waals surface area contributed by atoms with Crippen molar-refractivity contribution >= 4 is 5.91 Å². The second-order valence-electron chi connectivity index (χ2n) is 3.52. The predicted molar refractivity (Wildman–Crippen MR) is 44.1 cm³/mol. The molecule has 1 atom stereocenters. The summed E-state index contributed by atoms with van der Waals surface area (Å²) < 4.78 is 0. The van der Waals surface area contributed by atoms with Crippen molar-refractivity contribution < 1.29 is 4.79 Å². The van der Waals surface area contributed by atoms with Crippen molar-refractivity contribution in [2.75, 3.05) is 13.6 Å². The van der Waals surface area contributed by atoms with E-state index in [0.717, 1.165) is 19.4 Å². The molecule has 0 bridgehead atoms. The van der Waals surface area contributed by atoms with E-state index in [0.29, 0.717) is 0 Å². The van der Waals surface area contributed by atoms with Gasteiger partial charge in [-0.25, -0.2) is 0 Å². The fourth-order valence-electron chi connectivity index (χ4n) is 1.57. The average Bonchev–Trinajstić information content (AvgIpc) is 1.95. The van der Waals surface area contributed by atoms with Gasteiger partial charge in [-0.2, -0.15) is 0 Å². The second-order valence-corrected chi connectivity index (χ2v) is 3.52. The zero-order chi connectivity index (χ0) is 8.48. The molecule has 1 unspecified atom stereocenters. The number of nitrogens with zero attached hydrogens (tertiary/aromatic N) is 1. The lowest BCUT2D eigenvalue weighted by molar-refractivity contribution is -0.130. The number of nitrogens with two attached hydrogens (primary N) is 1. The van der Waals surface area contributed by atoms with E-state index in [2.05, 4.69) is 4.90 Å². The molecule has 1 fully saturated rings. The van der Waals surface area contributed by atoms with E-state index < -0.39 is 5.54 Å². The molecule has 3 nitrogen and oxygen atoms in total. The Morgan fingerprint density at radius 2 is 2.18 bits per heavy atom. The molecule has 1 heterocycles. The summed E-state index contributed by atoms with van der Waals surface area (Å²) in [5.74, 6) is -0.195. The Bertz CT molecular complexity index is 169. The molecule has 0 aromatic rings. The monoisotopic (exact) mass is 156 g/mol. The number of primary amides is 1. The quantitative estimate of drug-likeness (QED) is 0.595. The van der Waals surface area contributed by atoms with Crippen molar-refractivity contribution in [2.45, 2.75) is 31.7 Å². The van der Waals surface area contributed by atoms with Gasteiger partial charge in [0.1, 0.15) is 0 Å². The van der Waals surface area contributed by atoms with Crippen molar-refractivity contribution in [3.63, 3.8) is 0 Å². The molecule has 1 saturated heterocycles. The first-order valence-corrected chi connectivity index (χ1v) is 4.08. The Labute approximate surface area is 67.5 Å². The number of piperidine rings is 1. The Morgan fingerprint density at radius 1 is 1.55 bits per heavy atom. The molecule has 0 spiro atoms. The van der Waals surface area contributed by atoms with Crippen LogP contribution < -0.4 is 5.73 Å². The van der Waals surface area contributed by atoms with Crippen LogP contribution in [0, 0.1) is 0 Å². The van der Waals surface area contributed by atoms with E-state index >= 15 is 0 Å². The third-order valence-electron chi connectivity index (χ3n) is 2.78. The first kappa shape index (κ1) is 8.53. The van der Waals surface area contributed by atoms with Gasteiger partial charge in [0, 0.05) is 0 Å². The van der Waals surface area contributed by atoms with E-state index in [9.17, 15) is 4.79 Å². The number of rotatable bonds is 1. The molecule has 1 rings (SSSR count). The summed E-state index contributed by atoms with van der Waals surface area (Å²) in [5.41, 5.74) is 4.92. The normalized spacial score (nSPS) is 33.6. The summed E-state index contributed by atoms with van der Waals surface area (Å²) in [5, 5.41) is 0. The fraction of sp³-hybridized carbons (Fsp3) is 0.875. The summed E-state index contributed by atoms with van der Waals surface area (Å²) in [6.07, 6.45) is 3.20. The van der Waals surface area contributed by atoms with Gasteiger partial charge >= 0.3 is 0 Å². The fourth-order valence-corrected chi connectivity index (χ4v) is 1.57. The maximum Gasteiger partial charge on any atom is 0.237 e. The Hall–Kier alpha value is -0.570. The molecule has 0 aromatic carbocycles. The van der Waals surface area contributed by atoms with Crippen molar-refractivity contribution in [2.24, 2.45) is 5.73 Å². The van der Waals surface area contributed by atoms with Gasteiger partial charge in [0.25, 0.3) is 0 Å². The average molecular weight is 156 g/mol. The molecule has 0 radical (unpaired) electrons. The van der Waals surface area contributed by atoms with E-state index in [1.54, 1.807) is 0 Å². The zero-order valence-corrected chi connectivity index (χ0v) is 7.26. The molecule has 0 saturated carbocycles. The molecule has 1 aliphatic heterocycles.